The van der Waals surface area contributed by atoms with Crippen LogP contribution >= 0.6 is 0 Å². The van der Waals surface area contributed by atoms with E-state index in [-0.39, 0.29) is 18.7 Å². The zero-order chi connectivity index (χ0) is 26.5. The maximum Gasteiger partial charge on any atom is 0.331 e. The average molecular weight is 501 g/mol. The third-order valence-corrected chi connectivity index (χ3v) is 5.95. The van der Waals surface area contributed by atoms with E-state index in [2.05, 4.69) is 20.9 Å². The number of aliphatic carboxylic acids is 2. The Bertz CT molecular complexity index is 1150. The van der Waals surface area contributed by atoms with Gasteiger partial charge in [0.15, 0.2) is 11.2 Å². The molecule has 4 N–H and O–H groups in total. The second-order valence-electron chi connectivity index (χ2n) is 8.93. The Balaban J connectivity index is 1.75. The smallest absolute Gasteiger partial charge is 0.331 e. The van der Waals surface area contributed by atoms with Gasteiger partial charge >= 0.3 is 11.9 Å². The van der Waals surface area contributed by atoms with Crippen molar-refractivity contribution in [3.8, 4) is 0 Å². The number of hydrogen-bond donors (Lipinski definition) is 4. The summed E-state index contributed by atoms with van der Waals surface area (Å²) in [6, 6.07) is 6.96. The summed E-state index contributed by atoms with van der Waals surface area (Å²) in [4.78, 5) is 62.6. The van der Waals surface area contributed by atoms with Crippen LogP contribution < -0.4 is 10.6 Å². The van der Waals surface area contributed by atoms with Crippen LogP contribution in [0, 0.1) is 0 Å². The van der Waals surface area contributed by atoms with Crippen LogP contribution in [0.25, 0.3) is 0 Å². The first-order valence-electron chi connectivity index (χ1n) is 11.3. The Kier molecular flexibility index (Phi) is 8.02. The molecule has 2 atom stereocenters. The zero-order valence-corrected chi connectivity index (χ0v) is 19.9. The number of likely N-dealkylation sites (tertiary alicyclic amines) is 1. The number of amides is 3. The quantitative estimate of drug-likeness (QED) is 0.338. The molecular formula is C23H28N6O7. The van der Waals surface area contributed by atoms with Crippen molar-refractivity contribution in [2.24, 2.45) is 0 Å². The van der Waals surface area contributed by atoms with Gasteiger partial charge < -0.3 is 25.7 Å². The van der Waals surface area contributed by atoms with E-state index in [9.17, 15) is 29.1 Å². The zero-order valence-electron chi connectivity index (χ0n) is 19.9. The highest BCUT2D eigenvalue weighted by Gasteiger charge is 2.38. The summed E-state index contributed by atoms with van der Waals surface area (Å²) in [5.74, 6) is -4.19. The molecular weight excluding hydrogens is 472 g/mol. The normalized spacial score (nSPS) is 16.3. The summed E-state index contributed by atoms with van der Waals surface area (Å²) in [6.07, 6.45) is 2.23. The van der Waals surface area contributed by atoms with Crippen LogP contribution in [0.5, 0.6) is 0 Å². The molecule has 3 rings (SSSR count). The second-order valence-corrected chi connectivity index (χ2v) is 8.93. The van der Waals surface area contributed by atoms with Crippen molar-refractivity contribution in [2.75, 3.05) is 13.1 Å². The fourth-order valence-electron chi connectivity index (χ4n) is 3.78. The van der Waals surface area contributed by atoms with Gasteiger partial charge in [0, 0.05) is 13.0 Å². The van der Waals surface area contributed by atoms with E-state index in [1.807, 2.05) is 0 Å². The number of nitrogens with zero attached hydrogens (tertiary/aromatic N) is 4. The predicted molar refractivity (Wildman–Crippen MR) is 124 cm³/mol. The van der Waals surface area contributed by atoms with Crippen LogP contribution in [0.15, 0.2) is 36.5 Å². The number of hydrogen-bond acceptors (Lipinski definition) is 7. The Morgan fingerprint density at radius 1 is 1.14 bits per heavy atom. The highest BCUT2D eigenvalue weighted by atomic mass is 16.4. The van der Waals surface area contributed by atoms with Crippen LogP contribution in [-0.4, -0.2) is 84.9 Å². The Morgan fingerprint density at radius 3 is 2.47 bits per heavy atom. The molecule has 2 heterocycles. The maximum absolute atomic E-state index is 13.2. The van der Waals surface area contributed by atoms with Crippen molar-refractivity contribution in [1.82, 2.24) is 30.5 Å². The number of carboxylic acids is 2. The molecule has 1 aromatic heterocycles. The molecule has 0 saturated carbocycles. The molecule has 0 bridgehead atoms. The molecule has 1 aliphatic rings. The molecule has 0 aliphatic carbocycles. The van der Waals surface area contributed by atoms with Crippen molar-refractivity contribution in [1.29, 1.82) is 0 Å². The van der Waals surface area contributed by atoms with Gasteiger partial charge in [-0.25, -0.2) is 9.48 Å². The lowest BCUT2D eigenvalue weighted by atomic mass is 10.0. The first-order valence-corrected chi connectivity index (χ1v) is 11.3. The summed E-state index contributed by atoms with van der Waals surface area (Å²) < 4.78 is 1.07. The van der Waals surface area contributed by atoms with Gasteiger partial charge in [-0.1, -0.05) is 35.5 Å². The van der Waals surface area contributed by atoms with Gasteiger partial charge in [0.05, 0.1) is 6.20 Å². The molecule has 0 unspecified atom stereocenters. The lowest BCUT2D eigenvalue weighted by molar-refractivity contribution is -0.146. The molecule has 0 radical (unpaired) electrons. The minimum atomic E-state index is -1.43. The topological polar surface area (TPSA) is 184 Å². The molecule has 1 aromatic carbocycles. The highest BCUT2D eigenvalue weighted by Crippen LogP contribution is 2.21. The van der Waals surface area contributed by atoms with Gasteiger partial charge in [0.2, 0.25) is 11.8 Å². The Labute approximate surface area is 206 Å². The third kappa shape index (κ3) is 6.03. The van der Waals surface area contributed by atoms with Gasteiger partial charge in [0.1, 0.15) is 18.6 Å². The number of rotatable bonds is 10. The summed E-state index contributed by atoms with van der Waals surface area (Å²) >= 11 is 0. The lowest BCUT2D eigenvalue weighted by Crippen LogP contribution is -2.54. The summed E-state index contributed by atoms with van der Waals surface area (Å²) in [7, 11) is 0. The monoisotopic (exact) mass is 500 g/mol. The van der Waals surface area contributed by atoms with Crippen LogP contribution in [-0.2, 0) is 31.1 Å². The van der Waals surface area contributed by atoms with E-state index in [0.29, 0.717) is 12.8 Å². The fraction of sp³-hybridized carbons (Fsp3) is 0.435. The molecule has 0 spiro atoms. The van der Waals surface area contributed by atoms with Crippen LogP contribution in [0.2, 0.25) is 0 Å². The van der Waals surface area contributed by atoms with E-state index in [1.54, 1.807) is 30.3 Å². The van der Waals surface area contributed by atoms with Crippen LogP contribution in [0.4, 0.5) is 0 Å². The number of carboxylic acid groups (broad SMARTS) is 2. The largest absolute Gasteiger partial charge is 0.480 e. The Hall–Kier alpha value is -4.29. The van der Waals surface area contributed by atoms with Crippen molar-refractivity contribution in [3.05, 3.63) is 47.8 Å². The van der Waals surface area contributed by atoms with Crippen molar-refractivity contribution in [3.63, 3.8) is 0 Å². The number of carbonyl (C=O) groups is 5. The summed E-state index contributed by atoms with van der Waals surface area (Å²) in [6.45, 7) is 2.48. The molecule has 13 heteroatoms. The van der Waals surface area contributed by atoms with Crippen molar-refractivity contribution in [2.45, 2.75) is 50.7 Å². The van der Waals surface area contributed by atoms with E-state index in [1.165, 1.54) is 24.9 Å². The lowest BCUT2D eigenvalue weighted by Gasteiger charge is -2.26. The van der Waals surface area contributed by atoms with E-state index in [4.69, 9.17) is 5.11 Å². The molecule has 1 fully saturated rings. The minimum absolute atomic E-state index is 0.107. The average Bonchev–Trinajstić information content (AvgIpc) is 3.53. The predicted octanol–water partition coefficient (Wildman–Crippen LogP) is -0.369. The highest BCUT2D eigenvalue weighted by molar-refractivity contribution is 5.97. The first-order chi connectivity index (χ1) is 17.0. The first kappa shape index (κ1) is 26.3. The third-order valence-electron chi connectivity index (χ3n) is 5.95. The molecule has 2 aromatic rings. The summed E-state index contributed by atoms with van der Waals surface area (Å²) in [5.41, 5.74) is -0.782. The SMILES string of the molecule is CC(C)(C(=O)O)n1cc(C(=O)N2CCC[C@H]2C(=O)N[C@@H](Cc2ccccc2)C(=O)NCC(=O)O)nn1. The maximum atomic E-state index is 13.2. The molecule has 1 saturated heterocycles. The molecule has 13 nitrogen and oxygen atoms in total. The van der Waals surface area contributed by atoms with Gasteiger partial charge in [-0.3, -0.25) is 19.2 Å². The summed E-state index contributed by atoms with van der Waals surface area (Å²) in [5, 5.41) is 30.7. The van der Waals surface area contributed by atoms with E-state index >= 15 is 0 Å². The molecule has 3 amide bonds. The number of benzene rings is 1. The molecule has 192 valence electrons. The standard InChI is InChI=1S/C23H28N6O7/c1-23(2,22(35)36)29-13-16(26-27-29)21(34)28-10-6-9-17(28)20(33)25-15(19(32)24-12-18(30)31)11-14-7-4-3-5-8-14/h3-5,7-8,13,15,17H,6,9-12H2,1-2H3,(H,24,32)(H,25,33)(H,30,31)(H,35,36)/t15-,17-/m0/s1. The van der Waals surface area contributed by atoms with Crippen molar-refractivity contribution < 1.29 is 34.2 Å². The molecule has 36 heavy (non-hydrogen) atoms. The fourth-order valence-corrected chi connectivity index (χ4v) is 3.78. The van der Waals surface area contributed by atoms with Gasteiger partial charge in [-0.2, -0.15) is 0 Å². The minimum Gasteiger partial charge on any atom is -0.480 e. The number of carbonyl (C=O) groups excluding carboxylic acids is 3. The number of nitrogens with one attached hydrogen (secondary N) is 2. The second kappa shape index (κ2) is 11.0. The van der Waals surface area contributed by atoms with E-state index < -0.39 is 53.8 Å². The van der Waals surface area contributed by atoms with Gasteiger partial charge in [-0.15, -0.1) is 5.10 Å². The van der Waals surface area contributed by atoms with E-state index in [0.717, 1.165) is 10.2 Å². The number of aromatic nitrogens is 3. The van der Waals surface area contributed by atoms with Crippen LogP contribution in [0.3, 0.4) is 0 Å². The Morgan fingerprint density at radius 2 is 1.83 bits per heavy atom. The van der Waals surface area contributed by atoms with Crippen molar-refractivity contribution >= 4 is 29.7 Å². The van der Waals surface area contributed by atoms with Crippen LogP contribution in [0.1, 0.15) is 42.7 Å². The van der Waals surface area contributed by atoms with Gasteiger partial charge in [-0.05, 0) is 32.3 Å². The van der Waals surface area contributed by atoms with Gasteiger partial charge in [0.25, 0.3) is 5.91 Å². The molecule has 1 aliphatic heterocycles.